The van der Waals surface area contributed by atoms with E-state index in [0.29, 0.717) is 11.8 Å². The summed E-state index contributed by atoms with van der Waals surface area (Å²) in [6.45, 7) is 13.6. The van der Waals surface area contributed by atoms with E-state index in [4.69, 9.17) is 9.72 Å². The molecule has 0 unspecified atom stereocenters. The molecule has 0 spiro atoms. The van der Waals surface area contributed by atoms with Crippen LogP contribution in [-0.4, -0.2) is 29.3 Å². The standard InChI is InChI=1S/C17H31N3O/c1-13(2)6-9-21-10-8-20-16-5-7-18-12-15(16)19-17(20)11-14(3)4/h13-14,18H,5-12H2,1-4H3. The quantitative estimate of drug-likeness (QED) is 0.749. The first-order chi connectivity index (χ1) is 10.1. The van der Waals surface area contributed by atoms with Crippen molar-refractivity contribution in [1.29, 1.82) is 0 Å². The van der Waals surface area contributed by atoms with Crippen LogP contribution >= 0.6 is 0 Å². The van der Waals surface area contributed by atoms with Gasteiger partial charge in [0.15, 0.2) is 0 Å². The number of aromatic nitrogens is 2. The molecule has 0 bridgehead atoms. The average Bonchev–Trinajstić information content (AvgIpc) is 2.75. The second kappa shape index (κ2) is 7.95. The fraction of sp³-hybridized carbons (Fsp3) is 0.824. The van der Waals surface area contributed by atoms with E-state index in [0.717, 1.165) is 52.1 Å². The fourth-order valence-corrected chi connectivity index (χ4v) is 2.79. The molecule has 0 saturated heterocycles. The minimum absolute atomic E-state index is 0.641. The Morgan fingerprint density at radius 1 is 1.19 bits per heavy atom. The number of nitrogens with zero attached hydrogens (tertiary/aromatic N) is 2. The maximum absolute atomic E-state index is 5.80. The van der Waals surface area contributed by atoms with E-state index in [1.54, 1.807) is 0 Å². The van der Waals surface area contributed by atoms with Gasteiger partial charge in [-0.25, -0.2) is 4.98 Å². The topological polar surface area (TPSA) is 39.1 Å². The Kier molecular flexibility index (Phi) is 6.24. The van der Waals surface area contributed by atoms with Crippen LogP contribution in [0.1, 0.15) is 51.3 Å². The van der Waals surface area contributed by atoms with Crippen LogP contribution in [0.15, 0.2) is 0 Å². The highest BCUT2D eigenvalue weighted by Crippen LogP contribution is 2.18. The molecule has 4 heteroatoms. The van der Waals surface area contributed by atoms with Gasteiger partial charge in [0.2, 0.25) is 0 Å². The summed E-state index contributed by atoms with van der Waals surface area (Å²) in [4.78, 5) is 4.86. The highest BCUT2D eigenvalue weighted by atomic mass is 16.5. The Balaban J connectivity index is 1.97. The van der Waals surface area contributed by atoms with Crippen LogP contribution in [0.4, 0.5) is 0 Å². The summed E-state index contributed by atoms with van der Waals surface area (Å²) in [5.41, 5.74) is 2.68. The van der Waals surface area contributed by atoms with Crippen LogP contribution < -0.4 is 5.32 Å². The van der Waals surface area contributed by atoms with Crippen molar-refractivity contribution in [3.8, 4) is 0 Å². The van der Waals surface area contributed by atoms with E-state index in [9.17, 15) is 0 Å². The molecule has 0 radical (unpaired) electrons. The van der Waals surface area contributed by atoms with Crippen molar-refractivity contribution >= 4 is 0 Å². The van der Waals surface area contributed by atoms with Gasteiger partial charge in [0.05, 0.1) is 12.3 Å². The summed E-state index contributed by atoms with van der Waals surface area (Å²) in [5, 5.41) is 3.42. The fourth-order valence-electron chi connectivity index (χ4n) is 2.79. The molecule has 120 valence electrons. The van der Waals surface area contributed by atoms with Gasteiger partial charge >= 0.3 is 0 Å². The number of rotatable bonds is 8. The van der Waals surface area contributed by atoms with Gasteiger partial charge in [-0.2, -0.15) is 0 Å². The average molecular weight is 293 g/mol. The van der Waals surface area contributed by atoms with Gasteiger partial charge in [0, 0.05) is 44.8 Å². The van der Waals surface area contributed by atoms with Gasteiger partial charge in [0.25, 0.3) is 0 Å². The summed E-state index contributed by atoms with van der Waals surface area (Å²) in [6, 6.07) is 0. The SMILES string of the molecule is CC(C)CCOCCn1c(CC(C)C)nc2c1CCNC2. The third-order valence-electron chi connectivity index (χ3n) is 3.96. The van der Waals surface area contributed by atoms with Crippen LogP contribution in [-0.2, 0) is 30.7 Å². The van der Waals surface area contributed by atoms with E-state index in [-0.39, 0.29) is 0 Å². The predicted molar refractivity (Wildman–Crippen MR) is 86.5 cm³/mol. The van der Waals surface area contributed by atoms with Crippen molar-refractivity contribution in [3.63, 3.8) is 0 Å². The molecule has 1 aliphatic rings. The first-order valence-corrected chi connectivity index (χ1v) is 8.43. The molecule has 0 fully saturated rings. The summed E-state index contributed by atoms with van der Waals surface area (Å²) in [6.07, 6.45) is 3.29. The number of hydrogen-bond donors (Lipinski definition) is 1. The Labute approximate surface area is 129 Å². The van der Waals surface area contributed by atoms with E-state index < -0.39 is 0 Å². The first kappa shape index (κ1) is 16.5. The predicted octanol–water partition coefficient (Wildman–Crippen LogP) is 2.79. The lowest BCUT2D eigenvalue weighted by Crippen LogP contribution is -2.25. The molecule has 2 rings (SSSR count). The van der Waals surface area contributed by atoms with Crippen molar-refractivity contribution in [2.24, 2.45) is 11.8 Å². The molecule has 0 saturated carbocycles. The highest BCUT2D eigenvalue weighted by molar-refractivity contribution is 5.20. The summed E-state index contributed by atoms with van der Waals surface area (Å²) in [5.74, 6) is 2.60. The van der Waals surface area contributed by atoms with Crippen molar-refractivity contribution < 1.29 is 4.74 Å². The van der Waals surface area contributed by atoms with Crippen LogP contribution in [0.5, 0.6) is 0 Å². The molecule has 2 heterocycles. The molecule has 1 aliphatic heterocycles. The summed E-state index contributed by atoms with van der Waals surface area (Å²) >= 11 is 0. The van der Waals surface area contributed by atoms with Crippen molar-refractivity contribution in [2.75, 3.05) is 19.8 Å². The molecular weight excluding hydrogens is 262 g/mol. The number of ether oxygens (including phenoxy) is 1. The molecule has 1 N–H and O–H groups in total. The van der Waals surface area contributed by atoms with E-state index >= 15 is 0 Å². The molecule has 0 aliphatic carbocycles. The molecule has 0 aromatic carbocycles. The molecule has 4 nitrogen and oxygen atoms in total. The first-order valence-electron chi connectivity index (χ1n) is 8.43. The van der Waals surface area contributed by atoms with E-state index in [1.807, 2.05) is 0 Å². The minimum Gasteiger partial charge on any atom is -0.380 e. The Morgan fingerprint density at radius 2 is 2.00 bits per heavy atom. The van der Waals surface area contributed by atoms with Crippen LogP contribution in [0.25, 0.3) is 0 Å². The number of imidazole rings is 1. The third-order valence-corrected chi connectivity index (χ3v) is 3.96. The van der Waals surface area contributed by atoms with Gasteiger partial charge < -0.3 is 14.6 Å². The molecule has 0 atom stereocenters. The van der Waals surface area contributed by atoms with Gasteiger partial charge in [-0.1, -0.05) is 27.7 Å². The summed E-state index contributed by atoms with van der Waals surface area (Å²) in [7, 11) is 0. The van der Waals surface area contributed by atoms with Crippen molar-refractivity contribution in [1.82, 2.24) is 14.9 Å². The second-order valence-electron chi connectivity index (χ2n) is 6.89. The number of fused-ring (bicyclic) bond motifs is 1. The summed E-state index contributed by atoms with van der Waals surface area (Å²) < 4.78 is 8.23. The lowest BCUT2D eigenvalue weighted by molar-refractivity contribution is 0.115. The van der Waals surface area contributed by atoms with E-state index in [1.165, 1.54) is 17.2 Å². The smallest absolute Gasteiger partial charge is 0.109 e. The molecule has 1 aromatic heterocycles. The van der Waals surface area contributed by atoms with Crippen molar-refractivity contribution in [2.45, 2.75) is 60.0 Å². The van der Waals surface area contributed by atoms with Crippen LogP contribution in [0, 0.1) is 11.8 Å². The monoisotopic (exact) mass is 293 g/mol. The van der Waals surface area contributed by atoms with Gasteiger partial charge in [0.1, 0.15) is 5.82 Å². The molecule has 21 heavy (non-hydrogen) atoms. The molecular formula is C17H31N3O. The number of hydrogen-bond acceptors (Lipinski definition) is 3. The lowest BCUT2D eigenvalue weighted by atomic mass is 10.1. The second-order valence-corrected chi connectivity index (χ2v) is 6.89. The lowest BCUT2D eigenvalue weighted by Gasteiger charge is -2.17. The van der Waals surface area contributed by atoms with Gasteiger partial charge in [-0.15, -0.1) is 0 Å². The zero-order valence-corrected chi connectivity index (χ0v) is 14.1. The maximum atomic E-state index is 5.80. The Morgan fingerprint density at radius 3 is 2.71 bits per heavy atom. The van der Waals surface area contributed by atoms with Crippen molar-refractivity contribution in [3.05, 3.63) is 17.2 Å². The number of nitrogens with one attached hydrogen (secondary N) is 1. The van der Waals surface area contributed by atoms with Gasteiger partial charge in [-0.3, -0.25) is 0 Å². The zero-order chi connectivity index (χ0) is 15.2. The molecule has 0 amide bonds. The van der Waals surface area contributed by atoms with Gasteiger partial charge in [-0.05, 0) is 18.3 Å². The Bertz CT molecular complexity index is 437. The normalized spacial score (nSPS) is 15.0. The largest absolute Gasteiger partial charge is 0.380 e. The Hall–Kier alpha value is -0.870. The van der Waals surface area contributed by atoms with Crippen LogP contribution in [0.3, 0.4) is 0 Å². The van der Waals surface area contributed by atoms with E-state index in [2.05, 4.69) is 37.6 Å². The van der Waals surface area contributed by atoms with Crippen LogP contribution in [0.2, 0.25) is 0 Å². The zero-order valence-electron chi connectivity index (χ0n) is 14.1. The molecule has 1 aromatic rings. The maximum Gasteiger partial charge on any atom is 0.109 e. The minimum atomic E-state index is 0.641. The third kappa shape index (κ3) is 4.82. The highest BCUT2D eigenvalue weighted by Gasteiger charge is 2.19.